The lowest BCUT2D eigenvalue weighted by molar-refractivity contribution is -0.818. The predicted octanol–water partition coefficient (Wildman–Crippen LogP) is 0.996. The highest BCUT2D eigenvalue weighted by atomic mass is 15.6. The molecule has 0 spiro atoms. The molecule has 12 heavy (non-hydrogen) atoms. The summed E-state index contributed by atoms with van der Waals surface area (Å²) in [6, 6.07) is 0. The molecule has 0 saturated carbocycles. The third kappa shape index (κ3) is 1.38. The molecule has 0 aromatic carbocycles. The van der Waals surface area contributed by atoms with Crippen LogP contribution in [0.1, 0.15) is 6.92 Å². The Morgan fingerprint density at radius 3 is 2.75 bits per heavy atom. The van der Waals surface area contributed by atoms with Crippen LogP contribution in [0.15, 0.2) is 28.5 Å². The van der Waals surface area contributed by atoms with Gasteiger partial charge in [-0.15, -0.1) is 4.59 Å². The zero-order valence-electron chi connectivity index (χ0n) is 7.28. The van der Waals surface area contributed by atoms with Crippen molar-refractivity contribution in [1.82, 2.24) is 0 Å². The summed E-state index contributed by atoms with van der Waals surface area (Å²) >= 11 is 0. The molecule has 1 heterocycles. The minimum Gasteiger partial charge on any atom is -0.302 e. The minimum absolute atomic E-state index is 0.242. The third-order valence-corrected chi connectivity index (χ3v) is 1.81. The fraction of sp³-hybridized carbons (Fsp3) is 0.250. The number of allylic oxidation sites excluding steroid dienone is 3. The van der Waals surface area contributed by atoms with Crippen LogP contribution in [-0.2, 0) is 0 Å². The van der Waals surface area contributed by atoms with Crippen molar-refractivity contribution < 1.29 is 4.59 Å². The standard InChI is InChI=1S/C8H11BN3/c1-3-8(4-10)12(2)6-7(9)5-11-12/h3-6,10H,1-2H3/q+1. The molecule has 1 aliphatic rings. The maximum Gasteiger partial charge on any atom is 0.177 e. The molecule has 1 aliphatic heterocycles. The van der Waals surface area contributed by atoms with Crippen LogP contribution in [0.3, 0.4) is 0 Å². The molecule has 1 unspecified atom stereocenters. The number of quaternary nitrogens is 1. The monoisotopic (exact) mass is 160 g/mol. The predicted molar refractivity (Wildman–Crippen MR) is 51.1 cm³/mol. The van der Waals surface area contributed by atoms with Gasteiger partial charge in [0.25, 0.3) is 0 Å². The fourth-order valence-corrected chi connectivity index (χ4v) is 1.16. The molecule has 0 aromatic rings. The van der Waals surface area contributed by atoms with Crippen LogP contribution in [0.5, 0.6) is 0 Å². The van der Waals surface area contributed by atoms with E-state index in [9.17, 15) is 0 Å². The summed E-state index contributed by atoms with van der Waals surface area (Å²) in [6.07, 6.45) is 6.53. The highest BCUT2D eigenvalue weighted by Gasteiger charge is 2.26. The molecule has 0 saturated heterocycles. The molecular formula is C8H11BN3+. The van der Waals surface area contributed by atoms with Crippen LogP contribution < -0.4 is 0 Å². The maximum absolute atomic E-state index is 7.16. The Morgan fingerprint density at radius 1 is 1.75 bits per heavy atom. The van der Waals surface area contributed by atoms with Gasteiger partial charge in [-0.3, -0.25) is 0 Å². The lowest BCUT2D eigenvalue weighted by Crippen LogP contribution is -2.29. The van der Waals surface area contributed by atoms with Gasteiger partial charge in [-0.1, -0.05) is 5.10 Å². The van der Waals surface area contributed by atoms with E-state index in [4.69, 9.17) is 13.3 Å². The molecule has 0 amide bonds. The summed E-state index contributed by atoms with van der Waals surface area (Å²) in [6.45, 7) is 1.88. The first-order chi connectivity index (χ1) is 5.62. The SMILES string of the molecule is [B]C1=C[N+](C)(C(C=N)=CC)N=C1. The molecule has 0 aromatic heterocycles. The van der Waals surface area contributed by atoms with Crippen molar-refractivity contribution >= 4 is 20.3 Å². The summed E-state index contributed by atoms with van der Waals surface area (Å²) in [5.74, 6) is 0. The molecule has 1 atom stereocenters. The van der Waals surface area contributed by atoms with Crippen LogP contribution in [-0.4, -0.2) is 31.9 Å². The van der Waals surface area contributed by atoms with E-state index < -0.39 is 0 Å². The van der Waals surface area contributed by atoms with Gasteiger partial charge in [-0.05, 0) is 18.5 Å². The zero-order chi connectivity index (χ0) is 9.19. The molecule has 0 bridgehead atoms. The lowest BCUT2D eigenvalue weighted by Gasteiger charge is -2.19. The van der Waals surface area contributed by atoms with Crippen LogP contribution in [0.2, 0.25) is 0 Å². The highest BCUT2D eigenvalue weighted by Crippen LogP contribution is 2.19. The van der Waals surface area contributed by atoms with Gasteiger partial charge >= 0.3 is 0 Å². The highest BCUT2D eigenvalue weighted by molar-refractivity contribution is 6.33. The van der Waals surface area contributed by atoms with E-state index in [0.717, 1.165) is 5.70 Å². The van der Waals surface area contributed by atoms with E-state index in [0.29, 0.717) is 5.47 Å². The van der Waals surface area contributed by atoms with Crippen molar-refractivity contribution in [1.29, 1.82) is 5.41 Å². The van der Waals surface area contributed by atoms with Gasteiger partial charge in [-0.25, -0.2) is 0 Å². The average Bonchev–Trinajstić information content (AvgIpc) is 2.34. The molecule has 0 fully saturated rings. The van der Waals surface area contributed by atoms with Crippen molar-refractivity contribution in [2.75, 3.05) is 7.05 Å². The third-order valence-electron chi connectivity index (χ3n) is 1.81. The van der Waals surface area contributed by atoms with E-state index in [1.165, 1.54) is 6.21 Å². The van der Waals surface area contributed by atoms with Crippen molar-refractivity contribution in [2.24, 2.45) is 5.10 Å². The van der Waals surface area contributed by atoms with E-state index in [1.54, 1.807) is 12.4 Å². The van der Waals surface area contributed by atoms with Crippen molar-refractivity contribution in [3.63, 3.8) is 0 Å². The van der Waals surface area contributed by atoms with Gasteiger partial charge in [0.05, 0.1) is 12.4 Å². The Labute approximate surface area is 73.6 Å². The quantitative estimate of drug-likeness (QED) is 0.355. The largest absolute Gasteiger partial charge is 0.302 e. The molecular weight excluding hydrogens is 149 g/mol. The van der Waals surface area contributed by atoms with Crippen LogP contribution in [0.4, 0.5) is 0 Å². The Bertz CT molecular complexity index is 291. The topological polar surface area (TPSA) is 36.2 Å². The first-order valence-electron chi connectivity index (χ1n) is 3.70. The molecule has 0 aliphatic carbocycles. The van der Waals surface area contributed by atoms with Gasteiger partial charge in [0, 0.05) is 0 Å². The van der Waals surface area contributed by atoms with Crippen molar-refractivity contribution in [3.05, 3.63) is 23.4 Å². The summed E-state index contributed by atoms with van der Waals surface area (Å²) in [5, 5.41) is 11.3. The molecule has 1 rings (SSSR count). The first kappa shape index (κ1) is 8.94. The zero-order valence-corrected chi connectivity index (χ0v) is 7.28. The Hall–Kier alpha value is -1.16. The molecule has 4 heteroatoms. The van der Waals surface area contributed by atoms with E-state index in [2.05, 4.69) is 5.10 Å². The second kappa shape index (κ2) is 3.07. The van der Waals surface area contributed by atoms with Crippen molar-refractivity contribution in [2.45, 2.75) is 6.92 Å². The van der Waals surface area contributed by atoms with Gasteiger partial charge in [0.1, 0.15) is 21.1 Å². The van der Waals surface area contributed by atoms with Crippen LogP contribution in [0, 0.1) is 5.41 Å². The van der Waals surface area contributed by atoms with Crippen LogP contribution >= 0.6 is 0 Å². The number of nitrogens with zero attached hydrogens (tertiary/aromatic N) is 2. The Balaban J connectivity index is 3.03. The Kier molecular flexibility index (Phi) is 2.28. The summed E-state index contributed by atoms with van der Waals surface area (Å²) in [7, 11) is 7.42. The summed E-state index contributed by atoms with van der Waals surface area (Å²) < 4.78 is 0.242. The van der Waals surface area contributed by atoms with E-state index in [1.807, 2.05) is 20.0 Å². The molecule has 3 nitrogen and oxygen atoms in total. The molecule has 1 N–H and O–H groups in total. The van der Waals surface area contributed by atoms with Crippen LogP contribution in [0.25, 0.3) is 0 Å². The fourth-order valence-electron chi connectivity index (χ4n) is 1.16. The van der Waals surface area contributed by atoms with Gasteiger partial charge in [0.2, 0.25) is 0 Å². The second-order valence-corrected chi connectivity index (χ2v) is 2.76. The van der Waals surface area contributed by atoms with Crippen molar-refractivity contribution in [3.8, 4) is 0 Å². The molecule has 60 valence electrons. The van der Waals surface area contributed by atoms with Gasteiger partial charge in [0.15, 0.2) is 5.70 Å². The van der Waals surface area contributed by atoms with E-state index in [-0.39, 0.29) is 4.59 Å². The summed E-state index contributed by atoms with van der Waals surface area (Å²) in [5.41, 5.74) is 1.44. The van der Waals surface area contributed by atoms with Gasteiger partial charge < -0.3 is 5.41 Å². The second-order valence-electron chi connectivity index (χ2n) is 2.76. The summed E-state index contributed by atoms with van der Waals surface area (Å²) in [4.78, 5) is 0. The maximum atomic E-state index is 7.16. The number of nitrogens with one attached hydrogen (secondary N) is 1. The van der Waals surface area contributed by atoms with Gasteiger partial charge in [-0.2, -0.15) is 0 Å². The first-order valence-corrected chi connectivity index (χ1v) is 3.70. The molecule has 2 radical (unpaired) electrons. The lowest BCUT2D eigenvalue weighted by atomic mass is 9.99. The Morgan fingerprint density at radius 2 is 2.42 bits per heavy atom. The normalized spacial score (nSPS) is 28.8. The average molecular weight is 160 g/mol. The number of rotatable bonds is 2. The van der Waals surface area contributed by atoms with E-state index >= 15 is 0 Å². The number of hydrogen-bond donors (Lipinski definition) is 1. The minimum atomic E-state index is 0.242. The smallest absolute Gasteiger partial charge is 0.177 e. The number of hydrogen-bond acceptors (Lipinski definition) is 2.